The van der Waals surface area contributed by atoms with Crippen LogP contribution < -0.4 is 10.1 Å². The van der Waals surface area contributed by atoms with Crippen molar-refractivity contribution in [1.29, 1.82) is 0 Å². The molecule has 4 rings (SSSR count). The van der Waals surface area contributed by atoms with Crippen LogP contribution in [0.15, 0.2) is 30.5 Å². The minimum absolute atomic E-state index is 0.477. The number of rotatable bonds is 4. The van der Waals surface area contributed by atoms with Crippen LogP contribution in [-0.4, -0.2) is 41.6 Å². The molecule has 2 aliphatic rings. The number of methoxy groups -OCH3 is 1. The summed E-state index contributed by atoms with van der Waals surface area (Å²) in [7, 11) is 1.74. The number of benzene rings is 1. The van der Waals surface area contributed by atoms with E-state index in [9.17, 15) is 0 Å². The van der Waals surface area contributed by atoms with E-state index in [4.69, 9.17) is 9.72 Å². The predicted molar refractivity (Wildman–Crippen MR) is 97.7 cm³/mol. The van der Waals surface area contributed by atoms with E-state index in [1.54, 1.807) is 7.11 Å². The van der Waals surface area contributed by atoms with Gasteiger partial charge in [-0.25, -0.2) is 9.97 Å². The van der Waals surface area contributed by atoms with Gasteiger partial charge in [-0.1, -0.05) is 18.2 Å². The molecule has 1 fully saturated rings. The van der Waals surface area contributed by atoms with Crippen molar-refractivity contribution < 1.29 is 4.74 Å². The molecule has 0 bridgehead atoms. The second-order valence-corrected chi connectivity index (χ2v) is 7.02. The van der Waals surface area contributed by atoms with Gasteiger partial charge in [0.1, 0.15) is 11.6 Å². The average molecular weight is 338 g/mol. The molecular formula is C20H26N4O. The Morgan fingerprint density at radius 1 is 1.32 bits per heavy atom. The summed E-state index contributed by atoms with van der Waals surface area (Å²) in [5.41, 5.74) is 3.75. The number of nitrogens with zero attached hydrogens (tertiary/aromatic N) is 3. The van der Waals surface area contributed by atoms with Crippen molar-refractivity contribution in [1.82, 2.24) is 20.2 Å². The van der Waals surface area contributed by atoms with Crippen LogP contribution in [0.3, 0.4) is 0 Å². The van der Waals surface area contributed by atoms with Crippen molar-refractivity contribution in [3.63, 3.8) is 0 Å². The first-order chi connectivity index (χ1) is 12.3. The zero-order chi connectivity index (χ0) is 17.1. The second-order valence-electron chi connectivity index (χ2n) is 7.02. The average Bonchev–Trinajstić information content (AvgIpc) is 2.68. The Morgan fingerprint density at radius 3 is 3.08 bits per heavy atom. The van der Waals surface area contributed by atoms with E-state index >= 15 is 0 Å². The molecule has 0 unspecified atom stereocenters. The first kappa shape index (κ1) is 16.5. The van der Waals surface area contributed by atoms with Crippen LogP contribution in [0, 0.1) is 0 Å². The fourth-order valence-electron chi connectivity index (χ4n) is 3.87. The minimum Gasteiger partial charge on any atom is -0.496 e. The van der Waals surface area contributed by atoms with E-state index in [0.29, 0.717) is 5.92 Å². The fourth-order valence-corrected chi connectivity index (χ4v) is 3.87. The summed E-state index contributed by atoms with van der Waals surface area (Å²) in [5, 5.41) is 3.46. The minimum atomic E-state index is 0.477. The lowest BCUT2D eigenvalue weighted by molar-refractivity contribution is 0.238. The maximum atomic E-state index is 5.48. The van der Waals surface area contributed by atoms with Crippen LogP contribution in [-0.2, 0) is 19.5 Å². The summed E-state index contributed by atoms with van der Waals surface area (Å²) in [6.45, 7) is 4.98. The quantitative estimate of drug-likeness (QED) is 0.928. The molecular weight excluding hydrogens is 312 g/mol. The third-order valence-corrected chi connectivity index (χ3v) is 5.28. The van der Waals surface area contributed by atoms with Gasteiger partial charge >= 0.3 is 0 Å². The molecule has 1 saturated heterocycles. The summed E-state index contributed by atoms with van der Waals surface area (Å²) >= 11 is 0. The lowest BCUT2D eigenvalue weighted by Crippen LogP contribution is -2.33. The van der Waals surface area contributed by atoms with E-state index in [0.717, 1.165) is 50.7 Å². The molecule has 1 aromatic carbocycles. The molecule has 25 heavy (non-hydrogen) atoms. The van der Waals surface area contributed by atoms with E-state index in [2.05, 4.69) is 33.5 Å². The highest BCUT2D eigenvalue weighted by molar-refractivity contribution is 5.33. The van der Waals surface area contributed by atoms with Gasteiger partial charge in [0.25, 0.3) is 0 Å². The van der Waals surface area contributed by atoms with Crippen LogP contribution in [0.4, 0.5) is 0 Å². The molecule has 3 heterocycles. The maximum Gasteiger partial charge on any atom is 0.132 e. The van der Waals surface area contributed by atoms with Gasteiger partial charge in [0, 0.05) is 61.5 Å². The molecule has 0 spiro atoms. The third kappa shape index (κ3) is 3.67. The first-order valence-electron chi connectivity index (χ1n) is 9.23. The summed E-state index contributed by atoms with van der Waals surface area (Å²) in [5.74, 6) is 2.47. The number of nitrogens with one attached hydrogen (secondary N) is 1. The van der Waals surface area contributed by atoms with E-state index in [-0.39, 0.29) is 0 Å². The summed E-state index contributed by atoms with van der Waals surface area (Å²) in [4.78, 5) is 12.0. The predicted octanol–water partition coefficient (Wildman–Crippen LogP) is 2.51. The number of piperidine rings is 1. The Labute approximate surface area is 149 Å². The highest BCUT2D eigenvalue weighted by Gasteiger charge is 2.23. The molecule has 0 amide bonds. The molecule has 132 valence electrons. The van der Waals surface area contributed by atoms with Crippen molar-refractivity contribution in [3.8, 4) is 5.75 Å². The molecule has 0 saturated carbocycles. The van der Waals surface area contributed by atoms with Gasteiger partial charge in [0.05, 0.1) is 7.11 Å². The highest BCUT2D eigenvalue weighted by Crippen LogP contribution is 2.25. The number of para-hydroxylation sites is 1. The van der Waals surface area contributed by atoms with Crippen molar-refractivity contribution in [2.45, 2.75) is 38.3 Å². The van der Waals surface area contributed by atoms with Crippen LogP contribution >= 0.6 is 0 Å². The lowest BCUT2D eigenvalue weighted by Gasteiger charge is -2.29. The normalized spacial score (nSPS) is 20.9. The lowest BCUT2D eigenvalue weighted by atomic mass is 9.98. The number of hydrogen-bond acceptors (Lipinski definition) is 5. The molecule has 5 heteroatoms. The van der Waals surface area contributed by atoms with E-state index < -0.39 is 0 Å². The van der Waals surface area contributed by atoms with Gasteiger partial charge < -0.3 is 10.1 Å². The molecule has 1 N–H and O–H groups in total. The van der Waals surface area contributed by atoms with Crippen LogP contribution in [0.5, 0.6) is 5.75 Å². The molecule has 0 radical (unpaired) electrons. The summed E-state index contributed by atoms with van der Waals surface area (Å²) in [6.07, 6.45) is 5.48. The van der Waals surface area contributed by atoms with Gasteiger partial charge in [-0.05, 0) is 25.5 Å². The standard InChI is InChI=1S/C20H26N4O/c1-25-19-7-3-2-5-16(19)13-24-10-8-18-17(14-24)12-22-20(23-18)15-6-4-9-21-11-15/h2-3,5,7,12,15,21H,4,6,8-11,13-14H2,1H3/t15-/m0/s1. The number of ether oxygens (including phenoxy) is 1. The molecule has 1 aromatic heterocycles. The Bertz CT molecular complexity index is 727. The maximum absolute atomic E-state index is 5.48. The second kappa shape index (κ2) is 7.50. The van der Waals surface area contributed by atoms with Crippen LogP contribution in [0.2, 0.25) is 0 Å². The molecule has 2 aromatic rings. The SMILES string of the molecule is COc1ccccc1CN1CCc2nc([C@H]3CCCNC3)ncc2C1. The van der Waals surface area contributed by atoms with Crippen molar-refractivity contribution in [2.24, 2.45) is 0 Å². The third-order valence-electron chi connectivity index (χ3n) is 5.28. The van der Waals surface area contributed by atoms with E-state index in [1.165, 1.54) is 29.7 Å². The first-order valence-corrected chi connectivity index (χ1v) is 9.23. The highest BCUT2D eigenvalue weighted by atomic mass is 16.5. The van der Waals surface area contributed by atoms with Gasteiger partial charge in [-0.15, -0.1) is 0 Å². The summed E-state index contributed by atoms with van der Waals surface area (Å²) in [6, 6.07) is 8.26. The van der Waals surface area contributed by atoms with Crippen molar-refractivity contribution in [3.05, 3.63) is 53.1 Å². The fraction of sp³-hybridized carbons (Fsp3) is 0.500. The van der Waals surface area contributed by atoms with Gasteiger partial charge in [-0.3, -0.25) is 4.90 Å². The molecule has 5 nitrogen and oxygen atoms in total. The molecule has 1 atom stereocenters. The van der Waals surface area contributed by atoms with Crippen molar-refractivity contribution >= 4 is 0 Å². The number of aromatic nitrogens is 2. The Balaban J connectivity index is 1.46. The van der Waals surface area contributed by atoms with Gasteiger partial charge in [0.15, 0.2) is 0 Å². The number of hydrogen-bond donors (Lipinski definition) is 1. The monoisotopic (exact) mass is 338 g/mol. The Kier molecular flexibility index (Phi) is 4.95. The molecule has 0 aliphatic carbocycles. The summed E-state index contributed by atoms with van der Waals surface area (Å²) < 4.78 is 5.48. The topological polar surface area (TPSA) is 50.3 Å². The molecule has 2 aliphatic heterocycles. The van der Waals surface area contributed by atoms with Gasteiger partial charge in [0.2, 0.25) is 0 Å². The van der Waals surface area contributed by atoms with E-state index in [1.807, 2.05) is 12.1 Å². The Morgan fingerprint density at radius 2 is 2.24 bits per heavy atom. The smallest absolute Gasteiger partial charge is 0.132 e. The van der Waals surface area contributed by atoms with Crippen LogP contribution in [0.25, 0.3) is 0 Å². The van der Waals surface area contributed by atoms with Crippen molar-refractivity contribution in [2.75, 3.05) is 26.7 Å². The zero-order valence-corrected chi connectivity index (χ0v) is 14.9. The Hall–Kier alpha value is -1.98. The zero-order valence-electron chi connectivity index (χ0n) is 14.9. The largest absolute Gasteiger partial charge is 0.496 e. The number of fused-ring (bicyclic) bond motifs is 1. The van der Waals surface area contributed by atoms with Gasteiger partial charge in [-0.2, -0.15) is 0 Å². The van der Waals surface area contributed by atoms with Crippen LogP contribution in [0.1, 0.15) is 41.4 Å².